The second-order valence-electron chi connectivity index (χ2n) is 8.53. The van der Waals surface area contributed by atoms with Gasteiger partial charge in [-0.1, -0.05) is 23.4 Å². The summed E-state index contributed by atoms with van der Waals surface area (Å²) >= 11 is 0. The normalized spacial score (nSPS) is 19.3. The first-order chi connectivity index (χ1) is 16.5. The summed E-state index contributed by atoms with van der Waals surface area (Å²) < 4.78 is 20.7. The average molecular weight is 457 g/mol. The van der Waals surface area contributed by atoms with E-state index in [1.807, 2.05) is 29.0 Å². The minimum atomic E-state index is -1.12. The zero-order valence-corrected chi connectivity index (χ0v) is 18.3. The Balaban J connectivity index is 1.52. The maximum Gasteiger partial charge on any atom is 0.272 e. The first-order valence-electron chi connectivity index (χ1n) is 10.9. The average Bonchev–Trinajstić information content (AvgIpc) is 3.57. The second kappa shape index (κ2) is 7.38. The van der Waals surface area contributed by atoms with Crippen molar-refractivity contribution in [1.29, 1.82) is 0 Å². The molecule has 1 atom stereocenters. The molecule has 1 saturated heterocycles. The predicted octanol–water partition coefficient (Wildman–Crippen LogP) is 3.45. The smallest absolute Gasteiger partial charge is 0.272 e. The molecule has 0 N–H and O–H groups in total. The van der Waals surface area contributed by atoms with Crippen LogP contribution in [0.25, 0.3) is 11.1 Å². The lowest BCUT2D eigenvalue weighted by molar-refractivity contribution is -0.00598. The first-order valence-corrected chi connectivity index (χ1v) is 10.9. The molecule has 8 nitrogen and oxygen atoms in total. The Labute approximate surface area is 194 Å². The summed E-state index contributed by atoms with van der Waals surface area (Å²) in [5.74, 6) is -0.871. The molecule has 0 radical (unpaired) electrons. The number of nitrogens with zero attached hydrogens (tertiary/aromatic N) is 5. The number of carbonyl (C=O) groups is 2. The van der Waals surface area contributed by atoms with Crippen LogP contribution in [0.2, 0.25) is 0 Å². The summed E-state index contributed by atoms with van der Waals surface area (Å²) in [5.41, 5.74) is 2.63. The van der Waals surface area contributed by atoms with Gasteiger partial charge in [0.1, 0.15) is 23.3 Å². The van der Waals surface area contributed by atoms with E-state index < -0.39 is 5.66 Å². The molecule has 170 valence electrons. The first kappa shape index (κ1) is 20.3. The van der Waals surface area contributed by atoms with Crippen LogP contribution in [0.5, 0.6) is 0 Å². The maximum atomic E-state index is 13.8. The standard InChI is InChI=1S/C25H20FN5O3/c1-16-21(14-34-28-16)23(32)30-9-10-31-24(33)22-11-18(17-3-2-8-27-12-17)13-29(22)15-25(30,31)19-4-6-20(26)7-5-19/h2-8,11-14H,9-10,15H2,1H3. The summed E-state index contributed by atoms with van der Waals surface area (Å²) in [6, 6.07) is 11.6. The number of pyridine rings is 1. The molecule has 34 heavy (non-hydrogen) atoms. The van der Waals surface area contributed by atoms with Crippen molar-refractivity contribution in [3.05, 3.63) is 95.7 Å². The number of hydrogen-bond donors (Lipinski definition) is 0. The molecule has 0 saturated carbocycles. The molecule has 5 heterocycles. The lowest BCUT2D eigenvalue weighted by Crippen LogP contribution is -2.60. The fourth-order valence-corrected chi connectivity index (χ4v) is 5.08. The molecule has 4 aromatic rings. The highest BCUT2D eigenvalue weighted by Gasteiger charge is 2.56. The van der Waals surface area contributed by atoms with Gasteiger partial charge < -0.3 is 18.9 Å². The Bertz CT molecular complexity index is 1410. The third-order valence-corrected chi connectivity index (χ3v) is 6.72. The molecule has 0 spiro atoms. The molecular weight excluding hydrogens is 437 g/mol. The quantitative estimate of drug-likeness (QED) is 0.471. The number of rotatable bonds is 3. The second-order valence-corrected chi connectivity index (χ2v) is 8.53. The van der Waals surface area contributed by atoms with Crippen LogP contribution < -0.4 is 0 Å². The van der Waals surface area contributed by atoms with Crippen molar-refractivity contribution in [2.45, 2.75) is 19.1 Å². The van der Waals surface area contributed by atoms with Gasteiger partial charge in [0.15, 0.2) is 5.66 Å². The summed E-state index contributed by atoms with van der Waals surface area (Å²) in [6.45, 7) is 2.67. The maximum absolute atomic E-state index is 13.8. The van der Waals surface area contributed by atoms with E-state index in [4.69, 9.17) is 4.52 Å². The van der Waals surface area contributed by atoms with Crippen molar-refractivity contribution in [1.82, 2.24) is 24.5 Å². The number of carbonyl (C=O) groups excluding carboxylic acids is 2. The number of halogens is 1. The highest BCUT2D eigenvalue weighted by molar-refractivity contribution is 5.99. The van der Waals surface area contributed by atoms with Crippen LogP contribution in [0.4, 0.5) is 4.39 Å². The van der Waals surface area contributed by atoms with E-state index in [0.29, 0.717) is 42.1 Å². The van der Waals surface area contributed by atoms with E-state index in [0.717, 1.165) is 11.1 Å². The van der Waals surface area contributed by atoms with E-state index in [2.05, 4.69) is 10.1 Å². The Kier molecular flexibility index (Phi) is 4.41. The zero-order valence-electron chi connectivity index (χ0n) is 18.3. The summed E-state index contributed by atoms with van der Waals surface area (Å²) in [7, 11) is 0. The van der Waals surface area contributed by atoms with Crippen molar-refractivity contribution < 1.29 is 18.5 Å². The van der Waals surface area contributed by atoms with Crippen LogP contribution in [0.3, 0.4) is 0 Å². The van der Waals surface area contributed by atoms with Gasteiger partial charge in [-0.25, -0.2) is 4.39 Å². The van der Waals surface area contributed by atoms with Gasteiger partial charge >= 0.3 is 0 Å². The Morgan fingerprint density at radius 1 is 1.15 bits per heavy atom. The molecule has 3 aromatic heterocycles. The van der Waals surface area contributed by atoms with Crippen molar-refractivity contribution in [3.63, 3.8) is 0 Å². The minimum Gasteiger partial charge on any atom is -0.364 e. The van der Waals surface area contributed by atoms with E-state index in [1.54, 1.807) is 41.2 Å². The SMILES string of the molecule is Cc1nocc1C(=O)N1CCN2C(=O)c3cc(-c4cccnc4)cn3CC12c1ccc(F)cc1. The van der Waals surface area contributed by atoms with E-state index in [9.17, 15) is 14.0 Å². The lowest BCUT2D eigenvalue weighted by Gasteiger charge is -2.47. The summed E-state index contributed by atoms with van der Waals surface area (Å²) in [5, 5.41) is 3.84. The van der Waals surface area contributed by atoms with Gasteiger partial charge in [0.25, 0.3) is 11.8 Å². The molecule has 0 bridgehead atoms. The number of amides is 2. The molecule has 6 rings (SSSR count). The highest BCUT2D eigenvalue weighted by Crippen LogP contribution is 2.44. The summed E-state index contributed by atoms with van der Waals surface area (Å²) in [6.07, 6.45) is 6.66. The molecule has 1 unspecified atom stereocenters. The van der Waals surface area contributed by atoms with Crippen LogP contribution in [-0.2, 0) is 12.2 Å². The van der Waals surface area contributed by atoms with Gasteiger partial charge in [0.2, 0.25) is 0 Å². The number of benzene rings is 1. The van der Waals surface area contributed by atoms with Gasteiger partial charge in [-0.15, -0.1) is 0 Å². The molecule has 2 aliphatic rings. The highest BCUT2D eigenvalue weighted by atomic mass is 19.1. The minimum absolute atomic E-state index is 0.192. The molecular formula is C25H20FN5O3. The van der Waals surface area contributed by atoms with Gasteiger partial charge in [-0.3, -0.25) is 14.6 Å². The molecule has 9 heteroatoms. The number of aryl methyl sites for hydroxylation is 1. The predicted molar refractivity (Wildman–Crippen MR) is 119 cm³/mol. The van der Waals surface area contributed by atoms with Crippen LogP contribution in [0, 0.1) is 12.7 Å². The van der Waals surface area contributed by atoms with Crippen LogP contribution >= 0.6 is 0 Å². The Morgan fingerprint density at radius 3 is 2.68 bits per heavy atom. The Morgan fingerprint density at radius 2 is 1.97 bits per heavy atom. The molecule has 1 aromatic carbocycles. The van der Waals surface area contributed by atoms with Crippen molar-refractivity contribution >= 4 is 11.8 Å². The molecule has 2 aliphatic heterocycles. The number of hydrogen-bond acceptors (Lipinski definition) is 5. The fraction of sp³-hybridized carbons (Fsp3) is 0.200. The van der Waals surface area contributed by atoms with Crippen molar-refractivity contribution in [2.24, 2.45) is 0 Å². The van der Waals surface area contributed by atoms with E-state index in [-0.39, 0.29) is 17.6 Å². The number of aromatic nitrogens is 3. The van der Waals surface area contributed by atoms with E-state index in [1.165, 1.54) is 18.4 Å². The Hall–Kier alpha value is -4.27. The third-order valence-electron chi connectivity index (χ3n) is 6.72. The summed E-state index contributed by atoms with van der Waals surface area (Å²) in [4.78, 5) is 35.0. The topological polar surface area (TPSA) is 84.5 Å². The zero-order chi connectivity index (χ0) is 23.4. The monoisotopic (exact) mass is 457 g/mol. The molecule has 2 amide bonds. The number of fused-ring (bicyclic) bond motifs is 2. The lowest BCUT2D eigenvalue weighted by atomic mass is 9.93. The third kappa shape index (κ3) is 2.83. The van der Waals surface area contributed by atoms with Gasteiger partial charge in [-0.05, 0) is 31.2 Å². The molecule has 1 fully saturated rings. The largest absolute Gasteiger partial charge is 0.364 e. The van der Waals surface area contributed by atoms with E-state index >= 15 is 0 Å². The van der Waals surface area contributed by atoms with Crippen molar-refractivity contribution in [3.8, 4) is 11.1 Å². The van der Waals surface area contributed by atoms with Crippen LogP contribution in [-0.4, -0.2) is 49.4 Å². The molecule has 0 aliphatic carbocycles. The van der Waals surface area contributed by atoms with Gasteiger partial charge in [-0.2, -0.15) is 0 Å². The van der Waals surface area contributed by atoms with Crippen LogP contribution in [0.15, 0.2) is 71.8 Å². The fourth-order valence-electron chi connectivity index (χ4n) is 5.08. The van der Waals surface area contributed by atoms with Crippen LogP contribution in [0.1, 0.15) is 32.1 Å². The van der Waals surface area contributed by atoms with Crippen molar-refractivity contribution in [2.75, 3.05) is 13.1 Å². The van der Waals surface area contributed by atoms with Gasteiger partial charge in [0, 0.05) is 48.4 Å². The van der Waals surface area contributed by atoms with Gasteiger partial charge in [0.05, 0.1) is 12.2 Å².